The summed E-state index contributed by atoms with van der Waals surface area (Å²) in [5.74, 6) is 0. The van der Waals surface area contributed by atoms with Gasteiger partial charge in [0.15, 0.2) is 14.6 Å². The smallest absolute Gasteiger partial charge is 1.00 e. The third kappa shape index (κ3) is 28.0. The molecule has 0 aromatic carbocycles. The van der Waals surface area contributed by atoms with Crippen LogP contribution in [0.1, 0.15) is 222 Å². The van der Waals surface area contributed by atoms with Crippen molar-refractivity contribution in [3.63, 3.8) is 0 Å². The van der Waals surface area contributed by atoms with Crippen LogP contribution in [-0.2, 0) is 27.4 Å². The summed E-state index contributed by atoms with van der Waals surface area (Å²) in [6.45, 7) is 61.2. The van der Waals surface area contributed by atoms with E-state index in [1.807, 2.05) is 222 Å². The third-order valence-corrected chi connectivity index (χ3v) is 45.6. The monoisotopic (exact) mass is 1460 g/mol. The number of hydrogen-bond acceptors (Lipinski definition) is 12. The fourth-order valence-electron chi connectivity index (χ4n) is 7.30. The topological polar surface area (TPSA) is 294 Å². The van der Waals surface area contributed by atoms with Crippen LogP contribution in [0.4, 0.5) is 0 Å². The molecule has 0 aromatic heterocycles. The van der Waals surface area contributed by atoms with Crippen LogP contribution in [-0.4, -0.2) is 90.5 Å². The predicted octanol–water partition coefficient (Wildman–Crippen LogP) is 15.1. The van der Waals surface area contributed by atoms with Gasteiger partial charge in [0.2, 0.25) is 0 Å². The van der Waals surface area contributed by atoms with Gasteiger partial charge >= 0.3 is 83.5 Å². The first kappa shape index (κ1) is 94.6. The summed E-state index contributed by atoms with van der Waals surface area (Å²) in [7, 11) is -21.8. The second kappa shape index (κ2) is 41.3. The Kier molecular flexibility index (Phi) is 52.9. The van der Waals surface area contributed by atoms with E-state index >= 15 is 0 Å². The molecule has 0 aliphatic heterocycles. The molecule has 0 N–H and O–H groups in total. The van der Waals surface area contributed by atoms with Crippen molar-refractivity contribution < 1.29 is 142 Å². The second-order valence-corrected chi connectivity index (χ2v) is 53.4. The zero-order chi connectivity index (χ0) is 60.1. The van der Waals surface area contributed by atoms with Crippen LogP contribution in [0.2, 0.25) is 0 Å². The van der Waals surface area contributed by atoms with E-state index in [0.29, 0.717) is 0 Å². The van der Waals surface area contributed by atoms with Gasteiger partial charge in [-0.3, -0.25) is 18.2 Å². The van der Waals surface area contributed by atoms with Crippen molar-refractivity contribution in [2.45, 2.75) is 312 Å². The normalized spacial score (nSPS) is 13.3. The van der Waals surface area contributed by atoms with Crippen LogP contribution < -0.4 is 30.8 Å². The summed E-state index contributed by atoms with van der Waals surface area (Å²) in [6.07, 6.45) is 0. The Morgan fingerprint density at radius 1 is 0.243 bits per heavy atom. The van der Waals surface area contributed by atoms with Crippen LogP contribution in [0.15, 0.2) is 9.03 Å². The molecular weight excluding hydrogens is 1350 g/mol. The average Bonchev–Trinajstić information content (AvgIpc) is 3.24. The fraction of sp³-hybridized carbons (Fsp3) is 1.00. The van der Waals surface area contributed by atoms with Crippen LogP contribution in [0.25, 0.3) is 9.72 Å². The number of rotatable bonds is 22. The third-order valence-electron chi connectivity index (χ3n) is 13.0. The van der Waals surface area contributed by atoms with Crippen molar-refractivity contribution in [2.24, 2.45) is 9.03 Å². The minimum Gasteiger partial charge on any atom is -1.00 e. The average molecular weight is 1470 g/mol. The molecule has 0 rings (SSSR count). The van der Waals surface area contributed by atoms with E-state index in [-0.39, 0.29) is 174 Å². The largest absolute Gasteiger partial charge is 4.00 e. The summed E-state index contributed by atoms with van der Waals surface area (Å²) < 4.78 is 86.3. The Morgan fingerprint density at radius 2 is 0.351 bits per heavy atom. The molecule has 444 valence electrons. The van der Waals surface area contributed by atoms with E-state index < -0.39 is 58.3 Å². The molecule has 0 saturated carbocycles. The van der Waals surface area contributed by atoms with E-state index in [2.05, 4.69) is 18.7 Å². The van der Waals surface area contributed by atoms with Crippen LogP contribution >= 0.6 is 58.3 Å². The Labute approximate surface area is 525 Å². The van der Waals surface area contributed by atoms with Crippen molar-refractivity contribution in [1.82, 2.24) is 0 Å². The summed E-state index contributed by atoms with van der Waals surface area (Å²) >= 11 is 0. The minimum atomic E-state index is -2.73. The molecule has 16 nitrogen and oxygen atoms in total. The molecular formula is C48H112Ce2N4O12P8. The zero-order valence-electron chi connectivity index (χ0n) is 52.5. The first-order valence-electron chi connectivity index (χ1n) is 26.0. The van der Waals surface area contributed by atoms with Crippen molar-refractivity contribution >= 4 is 58.3 Å². The Morgan fingerprint density at radius 3 is 0.419 bits per heavy atom. The molecule has 0 amide bonds. The van der Waals surface area contributed by atoms with Crippen LogP contribution in [0.3, 0.4) is 0 Å². The van der Waals surface area contributed by atoms with Crippen molar-refractivity contribution in [3.8, 4) is 0 Å². The Hall–Kier alpha value is 4.27. The summed E-state index contributed by atoms with van der Waals surface area (Å²) in [4.78, 5) is 34.7. The number of nitrogens with zero attached hydrogens (tertiary/aromatic N) is 4. The van der Waals surface area contributed by atoms with Gasteiger partial charge in [0, 0.05) is 51.8 Å². The summed E-state index contributed by atoms with van der Waals surface area (Å²) in [6, 6.07) is 0. The molecule has 0 radical (unpaired) electrons. The standard InChI is InChI=1S/4C12H28NO2P2.2Ce.2O2/c4*1-9(2)16(14,10(3)4)13-17(15,11(5)6)12(7)8;;;2*1-2/h4*9-12H,1-8H3;;;;/q4*-1;2*+4;2*-2. The molecule has 0 aliphatic rings. The molecule has 0 fully saturated rings. The molecule has 0 aliphatic carbocycles. The van der Waals surface area contributed by atoms with Gasteiger partial charge in [-0.15, -0.1) is 0 Å². The van der Waals surface area contributed by atoms with E-state index in [1.165, 1.54) is 0 Å². The van der Waals surface area contributed by atoms with Gasteiger partial charge in [-0.2, -0.15) is 0 Å². The van der Waals surface area contributed by atoms with Gasteiger partial charge in [0.25, 0.3) is 0 Å². The van der Waals surface area contributed by atoms with E-state index in [0.717, 1.165) is 0 Å². The second-order valence-electron chi connectivity index (χ2n) is 23.2. The Bertz CT molecular complexity index is 1630. The minimum absolute atomic E-state index is 0. The number of hydrogen-bond donors (Lipinski definition) is 0. The van der Waals surface area contributed by atoms with Crippen LogP contribution in [0.5, 0.6) is 0 Å². The Balaban J connectivity index is -0.000000127. The van der Waals surface area contributed by atoms with Gasteiger partial charge in [-0.1, -0.05) is 236 Å². The fourth-order valence-corrected chi connectivity index (χ4v) is 37.0. The van der Waals surface area contributed by atoms with Gasteiger partial charge < -0.3 is 58.8 Å². The molecule has 26 heteroatoms. The molecule has 0 unspecified atom stereocenters. The molecule has 0 saturated heterocycles. The van der Waals surface area contributed by atoms with E-state index in [9.17, 15) is 37.2 Å². The van der Waals surface area contributed by atoms with Crippen molar-refractivity contribution in [3.05, 3.63) is 9.72 Å². The van der Waals surface area contributed by atoms with Gasteiger partial charge in [0.05, 0.1) is 0 Å². The summed E-state index contributed by atoms with van der Waals surface area (Å²) in [5.41, 5.74) is -0.543. The van der Waals surface area contributed by atoms with Crippen molar-refractivity contribution in [1.29, 1.82) is 0 Å². The first-order chi connectivity index (χ1) is 31.9. The van der Waals surface area contributed by atoms with Gasteiger partial charge in [-0.25, -0.2) is 0 Å². The molecule has 0 spiro atoms. The maximum Gasteiger partial charge on any atom is 4.00 e. The zero-order valence-corrected chi connectivity index (χ0v) is 65.9. The maximum absolute atomic E-state index is 12.9. The predicted molar refractivity (Wildman–Crippen MR) is 313 cm³/mol. The van der Waals surface area contributed by atoms with Crippen LogP contribution in [0, 0.1) is 83.5 Å². The molecule has 0 atom stereocenters. The maximum atomic E-state index is 12.9. The van der Waals surface area contributed by atoms with Crippen molar-refractivity contribution in [2.75, 3.05) is 0 Å². The van der Waals surface area contributed by atoms with Gasteiger partial charge in [-0.05, 0) is 67.9 Å². The molecule has 74 heavy (non-hydrogen) atoms. The molecule has 0 aromatic rings. The quantitative estimate of drug-likeness (QED) is 0.0555. The van der Waals surface area contributed by atoms with Gasteiger partial charge in [0.1, 0.15) is 0 Å². The first-order valence-corrected chi connectivity index (χ1v) is 40.4. The molecule has 0 bridgehead atoms. The molecule has 0 heterocycles. The SMILES string of the molecule is CC(C)P(=O)(N=P([O-])(C(C)C)C(C)C)C(C)C.CC(C)P(=O)(N=P([O-])(C(C)C)C(C)C)C(C)C.CC(C)P(=O)([N-]P(=O)(C(C)C)C(C)C)C(C)C.CC(C)P(=O)([N-]P(=O)(C(C)C)C(C)C)C(C)C.[Ce+4].[Ce+4].[O-][O-].[O-][O-]. The van der Waals surface area contributed by atoms with E-state index in [1.54, 1.807) is 0 Å². The van der Waals surface area contributed by atoms with E-state index in [4.69, 9.17) is 21.0 Å². The summed E-state index contributed by atoms with van der Waals surface area (Å²) in [5, 5.41) is 28.0.